The maximum absolute atomic E-state index is 6.05. The molecule has 4 aromatic heterocycles. The number of ether oxygens (including phenoxy) is 1. The third-order valence-electron chi connectivity index (χ3n) is 4.97. The van der Waals surface area contributed by atoms with Crippen LogP contribution in [-0.4, -0.2) is 31.8 Å². The van der Waals surface area contributed by atoms with Crippen LogP contribution in [0.15, 0.2) is 48.8 Å². The summed E-state index contributed by atoms with van der Waals surface area (Å²) in [6, 6.07) is 11.8. The van der Waals surface area contributed by atoms with E-state index in [2.05, 4.69) is 36.5 Å². The maximum atomic E-state index is 6.05. The van der Waals surface area contributed by atoms with E-state index in [4.69, 9.17) is 4.74 Å². The molecular formula is C21H20N6OS. The van der Waals surface area contributed by atoms with Crippen LogP contribution in [0.25, 0.3) is 11.0 Å². The van der Waals surface area contributed by atoms with Crippen LogP contribution in [0.2, 0.25) is 0 Å². The molecule has 0 saturated heterocycles. The summed E-state index contributed by atoms with van der Waals surface area (Å²) in [5, 5.41) is 13.5. The fourth-order valence-corrected chi connectivity index (χ4v) is 4.06. The predicted molar refractivity (Wildman–Crippen MR) is 112 cm³/mol. The second-order valence-electron chi connectivity index (χ2n) is 7.12. The van der Waals surface area contributed by atoms with Crippen molar-refractivity contribution in [3.63, 3.8) is 0 Å². The van der Waals surface area contributed by atoms with Crippen molar-refractivity contribution in [2.75, 3.05) is 11.9 Å². The quantitative estimate of drug-likeness (QED) is 0.499. The van der Waals surface area contributed by atoms with Gasteiger partial charge in [0, 0.05) is 36.0 Å². The first-order valence-electron chi connectivity index (χ1n) is 9.58. The van der Waals surface area contributed by atoms with Gasteiger partial charge in [-0.25, -0.2) is 4.98 Å². The lowest BCUT2D eigenvalue weighted by molar-refractivity contribution is 0.286. The zero-order valence-corrected chi connectivity index (χ0v) is 16.8. The van der Waals surface area contributed by atoms with Crippen LogP contribution in [-0.2, 0) is 6.54 Å². The smallest absolute Gasteiger partial charge is 0.216 e. The fraction of sp³-hybridized carbons (Fsp3) is 0.286. The molecule has 4 aromatic rings. The molecule has 8 heteroatoms. The Kier molecular flexibility index (Phi) is 4.77. The molecule has 0 aliphatic heterocycles. The number of aryl methyl sites for hydroxylation is 1. The molecule has 0 aromatic carbocycles. The molecule has 146 valence electrons. The van der Waals surface area contributed by atoms with Crippen molar-refractivity contribution in [1.29, 1.82) is 0 Å². The van der Waals surface area contributed by atoms with Gasteiger partial charge in [-0.2, -0.15) is 0 Å². The Labute approximate surface area is 172 Å². The first-order valence-corrected chi connectivity index (χ1v) is 10.4. The maximum Gasteiger partial charge on any atom is 0.216 e. The average molecular weight is 404 g/mol. The highest BCUT2D eigenvalue weighted by Gasteiger charge is 2.39. The minimum absolute atomic E-state index is 0.483. The molecule has 0 amide bonds. The van der Waals surface area contributed by atoms with Crippen molar-refractivity contribution >= 4 is 28.1 Å². The summed E-state index contributed by atoms with van der Waals surface area (Å²) >= 11 is 1.58. The molecule has 2 atom stereocenters. The van der Waals surface area contributed by atoms with Gasteiger partial charge in [0.1, 0.15) is 15.5 Å². The number of anilines is 1. The molecular weight excluding hydrogens is 384 g/mol. The summed E-state index contributed by atoms with van der Waals surface area (Å²) in [7, 11) is 0. The van der Waals surface area contributed by atoms with E-state index >= 15 is 0 Å². The predicted octanol–water partition coefficient (Wildman–Crippen LogP) is 3.98. The molecule has 0 unspecified atom stereocenters. The van der Waals surface area contributed by atoms with Gasteiger partial charge in [0.25, 0.3) is 0 Å². The first-order chi connectivity index (χ1) is 14.3. The van der Waals surface area contributed by atoms with Crippen molar-refractivity contribution in [1.82, 2.24) is 25.1 Å². The molecule has 1 N–H and O–H groups in total. The van der Waals surface area contributed by atoms with E-state index in [9.17, 15) is 0 Å². The Morgan fingerprint density at radius 1 is 1.14 bits per heavy atom. The Hall–Kier alpha value is -3.13. The largest absolute Gasteiger partial charge is 0.477 e. The number of hydrogen-bond acceptors (Lipinski definition) is 8. The van der Waals surface area contributed by atoms with Crippen molar-refractivity contribution in [2.24, 2.45) is 5.92 Å². The minimum Gasteiger partial charge on any atom is -0.477 e. The number of fused-ring (bicyclic) bond motifs is 1. The number of hydrogen-bond donors (Lipinski definition) is 1. The normalized spacial score (nSPS) is 18.0. The van der Waals surface area contributed by atoms with E-state index in [1.807, 2.05) is 43.5 Å². The van der Waals surface area contributed by atoms with E-state index < -0.39 is 0 Å². The summed E-state index contributed by atoms with van der Waals surface area (Å²) in [6.45, 7) is 3.17. The van der Waals surface area contributed by atoms with Gasteiger partial charge < -0.3 is 10.1 Å². The monoisotopic (exact) mass is 404 g/mol. The molecule has 1 aliphatic carbocycles. The van der Waals surface area contributed by atoms with Crippen LogP contribution in [0.4, 0.5) is 5.69 Å². The van der Waals surface area contributed by atoms with E-state index in [-0.39, 0.29) is 0 Å². The molecule has 1 aliphatic rings. The van der Waals surface area contributed by atoms with Gasteiger partial charge in [-0.3, -0.25) is 9.97 Å². The zero-order chi connectivity index (χ0) is 19.6. The molecule has 5 rings (SSSR count). The van der Waals surface area contributed by atoms with Crippen molar-refractivity contribution in [3.8, 4) is 5.88 Å². The molecule has 0 spiro atoms. The zero-order valence-electron chi connectivity index (χ0n) is 15.9. The Morgan fingerprint density at radius 3 is 2.90 bits per heavy atom. The first kappa shape index (κ1) is 17.9. The van der Waals surface area contributed by atoms with Crippen molar-refractivity contribution in [2.45, 2.75) is 25.8 Å². The molecule has 7 nitrogen and oxygen atoms in total. The van der Waals surface area contributed by atoms with E-state index in [0.29, 0.717) is 30.9 Å². The van der Waals surface area contributed by atoms with Gasteiger partial charge in [-0.05, 0) is 37.6 Å². The topological polar surface area (TPSA) is 85.7 Å². The van der Waals surface area contributed by atoms with Crippen LogP contribution in [0.1, 0.15) is 28.0 Å². The number of pyridine rings is 3. The molecule has 4 heterocycles. The highest BCUT2D eigenvalue weighted by Crippen LogP contribution is 2.46. The van der Waals surface area contributed by atoms with E-state index in [1.54, 1.807) is 17.5 Å². The van der Waals surface area contributed by atoms with Gasteiger partial charge >= 0.3 is 0 Å². The molecule has 0 radical (unpaired) electrons. The van der Waals surface area contributed by atoms with Crippen molar-refractivity contribution < 1.29 is 4.74 Å². The molecule has 29 heavy (non-hydrogen) atoms. The van der Waals surface area contributed by atoms with Gasteiger partial charge in [-0.15, -0.1) is 10.2 Å². The van der Waals surface area contributed by atoms with Crippen LogP contribution in [0, 0.1) is 12.8 Å². The summed E-state index contributed by atoms with van der Waals surface area (Å²) < 4.78 is 6.05. The van der Waals surface area contributed by atoms with Crippen LogP contribution < -0.4 is 10.1 Å². The number of nitrogens with zero attached hydrogens (tertiary/aromatic N) is 5. The lowest BCUT2D eigenvalue weighted by Gasteiger charge is -2.11. The molecule has 1 saturated carbocycles. The summed E-state index contributed by atoms with van der Waals surface area (Å²) in [4.78, 5) is 13.6. The van der Waals surface area contributed by atoms with Gasteiger partial charge in [0.2, 0.25) is 5.88 Å². The second kappa shape index (κ2) is 7.71. The number of nitrogens with one attached hydrogen (secondary N) is 1. The third-order valence-corrected chi connectivity index (χ3v) is 5.81. The summed E-state index contributed by atoms with van der Waals surface area (Å²) in [5.74, 6) is 1.57. The third kappa shape index (κ3) is 4.02. The summed E-state index contributed by atoms with van der Waals surface area (Å²) in [6.07, 6.45) is 4.72. The van der Waals surface area contributed by atoms with Crippen LogP contribution in [0.5, 0.6) is 5.88 Å². The standard InChI is InChI=1S/C21H20N6OS/c1-13-26-27-20(29-13)11-24-18-10-19(25-17-6-4-8-23-21(17)18)28-12-14-9-15(14)16-5-2-3-7-22-16/h2-8,10,14-15H,9,11-12H2,1H3,(H,24,25)/t14-,15+/m1/s1. The fourth-order valence-electron chi connectivity index (χ4n) is 3.41. The highest BCUT2D eigenvalue weighted by atomic mass is 32.1. The van der Waals surface area contributed by atoms with Crippen LogP contribution in [0.3, 0.4) is 0 Å². The Morgan fingerprint density at radius 2 is 2.07 bits per heavy atom. The highest BCUT2D eigenvalue weighted by molar-refractivity contribution is 7.11. The van der Waals surface area contributed by atoms with Crippen molar-refractivity contribution in [3.05, 3.63) is 64.5 Å². The van der Waals surface area contributed by atoms with E-state index in [1.165, 1.54) is 0 Å². The Balaban J connectivity index is 1.30. The lowest BCUT2D eigenvalue weighted by atomic mass is 10.2. The van der Waals surface area contributed by atoms with E-state index in [0.717, 1.165) is 38.9 Å². The molecule has 1 fully saturated rings. The number of rotatable bonds is 7. The lowest BCUT2D eigenvalue weighted by Crippen LogP contribution is -2.05. The average Bonchev–Trinajstić information content (AvgIpc) is 3.43. The Bertz CT molecular complexity index is 1130. The number of aromatic nitrogens is 5. The van der Waals surface area contributed by atoms with Gasteiger partial charge in [0.05, 0.1) is 24.4 Å². The summed E-state index contributed by atoms with van der Waals surface area (Å²) in [5.41, 5.74) is 3.65. The minimum atomic E-state index is 0.483. The van der Waals surface area contributed by atoms with Gasteiger partial charge in [-0.1, -0.05) is 17.4 Å². The SMILES string of the molecule is Cc1nnc(CNc2cc(OC[C@H]3C[C@@H]3c3ccccn3)nc3cccnc23)s1. The molecule has 0 bridgehead atoms. The second-order valence-corrected chi connectivity index (χ2v) is 8.38. The van der Waals surface area contributed by atoms with Gasteiger partial charge in [0.15, 0.2) is 0 Å². The van der Waals surface area contributed by atoms with Crippen LogP contribution >= 0.6 is 11.3 Å².